The number of ether oxygens (including phenoxy) is 1. The second kappa shape index (κ2) is 8.58. The number of nitrogens with zero attached hydrogens (tertiary/aromatic N) is 1. The van der Waals surface area contributed by atoms with E-state index in [1.807, 2.05) is 0 Å². The van der Waals surface area contributed by atoms with E-state index in [0.717, 1.165) is 67.8 Å². The van der Waals surface area contributed by atoms with Gasteiger partial charge in [0.2, 0.25) is 0 Å². The first-order chi connectivity index (χ1) is 13.7. The van der Waals surface area contributed by atoms with Crippen molar-refractivity contribution in [1.82, 2.24) is 10.3 Å². The second-order valence-electron chi connectivity index (χ2n) is 6.78. The van der Waals surface area contributed by atoms with Crippen molar-refractivity contribution in [2.24, 2.45) is 0 Å². The number of hydrogen-bond acceptors (Lipinski definition) is 5. The molecular formula is C19H22F3N3O3S. The van der Waals surface area contributed by atoms with Crippen LogP contribution in [0, 0.1) is 0 Å². The molecule has 158 valence electrons. The number of aryl methyl sites for hydroxylation is 1. The SMILES string of the molecule is CCCNC1CCCc2ncc(NS(=O)(=O)c3ccc(OC(F)(F)F)cc3)cc21. The van der Waals surface area contributed by atoms with Gasteiger partial charge in [0.25, 0.3) is 10.0 Å². The van der Waals surface area contributed by atoms with E-state index in [4.69, 9.17) is 0 Å². The summed E-state index contributed by atoms with van der Waals surface area (Å²) in [6, 6.07) is 5.92. The van der Waals surface area contributed by atoms with Crippen molar-refractivity contribution < 1.29 is 26.3 Å². The Kier molecular flexibility index (Phi) is 6.33. The summed E-state index contributed by atoms with van der Waals surface area (Å²) in [4.78, 5) is 4.22. The van der Waals surface area contributed by atoms with Crippen molar-refractivity contribution in [3.05, 3.63) is 47.8 Å². The molecule has 0 aliphatic heterocycles. The zero-order valence-electron chi connectivity index (χ0n) is 15.8. The van der Waals surface area contributed by atoms with Gasteiger partial charge >= 0.3 is 6.36 Å². The fraction of sp³-hybridized carbons (Fsp3) is 0.421. The maximum absolute atomic E-state index is 12.6. The maximum Gasteiger partial charge on any atom is 0.573 e. The number of benzene rings is 1. The van der Waals surface area contributed by atoms with E-state index >= 15 is 0 Å². The minimum atomic E-state index is -4.84. The first-order valence-corrected chi connectivity index (χ1v) is 10.8. The lowest BCUT2D eigenvalue weighted by atomic mass is 9.91. The molecule has 2 N–H and O–H groups in total. The normalized spacial score (nSPS) is 16.9. The summed E-state index contributed by atoms with van der Waals surface area (Å²) in [6.45, 7) is 2.93. The van der Waals surface area contributed by atoms with Gasteiger partial charge in [0.05, 0.1) is 16.8 Å². The molecule has 2 aromatic rings. The van der Waals surface area contributed by atoms with E-state index in [-0.39, 0.29) is 10.9 Å². The average molecular weight is 429 g/mol. The smallest absolute Gasteiger partial charge is 0.406 e. The van der Waals surface area contributed by atoms with Crippen molar-refractivity contribution >= 4 is 15.7 Å². The lowest BCUT2D eigenvalue weighted by molar-refractivity contribution is -0.274. The highest BCUT2D eigenvalue weighted by molar-refractivity contribution is 7.92. The van der Waals surface area contributed by atoms with Gasteiger partial charge < -0.3 is 10.1 Å². The van der Waals surface area contributed by atoms with Gasteiger partial charge in [-0.1, -0.05) is 6.92 Å². The molecule has 29 heavy (non-hydrogen) atoms. The fourth-order valence-corrected chi connectivity index (χ4v) is 4.30. The molecule has 0 amide bonds. The monoisotopic (exact) mass is 429 g/mol. The maximum atomic E-state index is 12.6. The summed E-state index contributed by atoms with van der Waals surface area (Å²) < 4.78 is 68.2. The van der Waals surface area contributed by atoms with Crippen LogP contribution < -0.4 is 14.8 Å². The van der Waals surface area contributed by atoms with Crippen LogP contribution in [0.25, 0.3) is 0 Å². The van der Waals surface area contributed by atoms with Crippen LogP contribution in [0.15, 0.2) is 41.4 Å². The van der Waals surface area contributed by atoms with Crippen LogP contribution in [0.5, 0.6) is 5.75 Å². The Hall–Kier alpha value is -2.33. The van der Waals surface area contributed by atoms with Crippen molar-refractivity contribution in [3.8, 4) is 5.75 Å². The molecule has 3 rings (SSSR count). The number of alkyl halides is 3. The number of rotatable bonds is 7. The Bertz CT molecular complexity index is 947. The zero-order chi connectivity index (χ0) is 21.1. The van der Waals surface area contributed by atoms with Crippen LogP contribution in [0.3, 0.4) is 0 Å². The van der Waals surface area contributed by atoms with Gasteiger partial charge in [0.1, 0.15) is 5.75 Å². The molecule has 1 atom stereocenters. The van der Waals surface area contributed by atoms with Gasteiger partial charge in [0.15, 0.2) is 0 Å². The standard InChI is InChI=1S/C19H22F3N3O3S/c1-2-10-23-17-4-3-5-18-16(17)11-13(12-24-18)25-29(26,27)15-8-6-14(7-9-15)28-19(20,21)22/h6-9,11-12,17,23,25H,2-5,10H2,1H3. The highest BCUT2D eigenvalue weighted by Gasteiger charge is 2.31. The van der Waals surface area contributed by atoms with Crippen LogP contribution in [0.1, 0.15) is 43.5 Å². The summed E-state index contributed by atoms with van der Waals surface area (Å²) in [5, 5.41) is 3.45. The van der Waals surface area contributed by atoms with Crippen LogP contribution >= 0.6 is 0 Å². The Balaban J connectivity index is 1.78. The molecule has 0 fully saturated rings. The molecule has 0 saturated carbocycles. The van der Waals surface area contributed by atoms with E-state index < -0.39 is 22.1 Å². The largest absolute Gasteiger partial charge is 0.573 e. The van der Waals surface area contributed by atoms with Crippen LogP contribution in [0.4, 0.5) is 18.9 Å². The predicted octanol–water partition coefficient (Wildman–Crippen LogP) is 4.16. The molecule has 1 aliphatic rings. The number of fused-ring (bicyclic) bond motifs is 1. The molecule has 1 aromatic carbocycles. The summed E-state index contributed by atoms with van der Waals surface area (Å²) in [6.07, 6.45) is 0.410. The third-order valence-electron chi connectivity index (χ3n) is 4.55. The predicted molar refractivity (Wildman–Crippen MR) is 102 cm³/mol. The van der Waals surface area contributed by atoms with E-state index in [2.05, 4.69) is 26.7 Å². The van der Waals surface area contributed by atoms with E-state index in [9.17, 15) is 21.6 Å². The molecule has 1 unspecified atom stereocenters. The summed E-state index contributed by atoms with van der Waals surface area (Å²) >= 11 is 0. The van der Waals surface area contributed by atoms with Gasteiger partial charge in [0, 0.05) is 11.7 Å². The van der Waals surface area contributed by atoms with Gasteiger partial charge in [-0.25, -0.2) is 8.42 Å². The highest BCUT2D eigenvalue weighted by Crippen LogP contribution is 2.31. The summed E-state index contributed by atoms with van der Waals surface area (Å²) in [7, 11) is -3.98. The van der Waals surface area contributed by atoms with Crippen molar-refractivity contribution in [1.29, 1.82) is 0 Å². The van der Waals surface area contributed by atoms with E-state index in [1.165, 1.54) is 6.20 Å². The minimum Gasteiger partial charge on any atom is -0.406 e. The highest BCUT2D eigenvalue weighted by atomic mass is 32.2. The average Bonchev–Trinajstić information content (AvgIpc) is 2.65. The molecule has 1 aliphatic carbocycles. The topological polar surface area (TPSA) is 80.3 Å². The van der Waals surface area contributed by atoms with Crippen LogP contribution in [-0.2, 0) is 16.4 Å². The Morgan fingerprint density at radius 3 is 2.62 bits per heavy atom. The Labute approximate surface area is 167 Å². The Morgan fingerprint density at radius 1 is 1.24 bits per heavy atom. The summed E-state index contributed by atoms with van der Waals surface area (Å²) in [5.41, 5.74) is 2.23. The lowest BCUT2D eigenvalue weighted by Crippen LogP contribution is -2.26. The molecule has 0 spiro atoms. The fourth-order valence-electron chi connectivity index (χ4n) is 3.27. The molecule has 1 aromatic heterocycles. The van der Waals surface area contributed by atoms with Gasteiger partial charge in [-0.3, -0.25) is 9.71 Å². The number of hydrogen-bond donors (Lipinski definition) is 2. The second-order valence-corrected chi connectivity index (χ2v) is 8.47. The van der Waals surface area contributed by atoms with Gasteiger partial charge in [-0.05, 0) is 68.1 Å². The molecule has 0 saturated heterocycles. The third kappa shape index (κ3) is 5.60. The van der Waals surface area contributed by atoms with Crippen LogP contribution in [0.2, 0.25) is 0 Å². The number of sulfonamides is 1. The zero-order valence-corrected chi connectivity index (χ0v) is 16.6. The quantitative estimate of drug-likeness (QED) is 0.691. The number of anilines is 1. The molecule has 6 nitrogen and oxygen atoms in total. The van der Waals surface area contributed by atoms with Gasteiger partial charge in [-0.15, -0.1) is 13.2 Å². The van der Waals surface area contributed by atoms with Crippen molar-refractivity contribution in [2.75, 3.05) is 11.3 Å². The molecular weight excluding hydrogens is 407 g/mol. The molecule has 1 heterocycles. The molecule has 0 bridgehead atoms. The number of aromatic nitrogens is 1. The first-order valence-electron chi connectivity index (χ1n) is 9.29. The van der Waals surface area contributed by atoms with E-state index in [1.54, 1.807) is 6.07 Å². The van der Waals surface area contributed by atoms with Crippen molar-refractivity contribution in [2.45, 2.75) is 49.9 Å². The van der Waals surface area contributed by atoms with Crippen molar-refractivity contribution in [3.63, 3.8) is 0 Å². The molecule has 0 radical (unpaired) electrons. The number of pyridine rings is 1. The first kappa shape index (κ1) is 21.4. The van der Waals surface area contributed by atoms with Gasteiger partial charge in [-0.2, -0.15) is 0 Å². The van der Waals surface area contributed by atoms with E-state index in [0.29, 0.717) is 5.69 Å². The molecule has 10 heteroatoms. The Morgan fingerprint density at radius 2 is 1.97 bits per heavy atom. The third-order valence-corrected chi connectivity index (χ3v) is 5.94. The number of nitrogens with one attached hydrogen (secondary N) is 2. The lowest BCUT2D eigenvalue weighted by Gasteiger charge is -2.26. The summed E-state index contributed by atoms with van der Waals surface area (Å²) in [5.74, 6) is -0.489. The minimum absolute atomic E-state index is 0.120. The number of halogens is 3. The van der Waals surface area contributed by atoms with Crippen LogP contribution in [-0.4, -0.2) is 26.3 Å².